The molecule has 2 aliphatic rings. The summed E-state index contributed by atoms with van der Waals surface area (Å²) in [6.45, 7) is 6.31. The van der Waals surface area contributed by atoms with E-state index in [4.69, 9.17) is 4.74 Å². The van der Waals surface area contributed by atoms with Gasteiger partial charge in [-0.15, -0.1) is 0 Å². The van der Waals surface area contributed by atoms with Crippen LogP contribution in [0.3, 0.4) is 0 Å². The van der Waals surface area contributed by atoms with Gasteiger partial charge in [-0.05, 0) is 6.92 Å². The SMILES string of the molecule is CCOC(=O)c1cnc(N2CC3(CNC3)C2)nc1. The van der Waals surface area contributed by atoms with Crippen molar-refractivity contribution in [1.29, 1.82) is 0 Å². The van der Waals surface area contributed by atoms with Gasteiger partial charge in [0, 0.05) is 44.0 Å². The zero-order valence-corrected chi connectivity index (χ0v) is 10.3. The molecule has 2 fully saturated rings. The van der Waals surface area contributed by atoms with E-state index in [-0.39, 0.29) is 5.97 Å². The number of nitrogens with one attached hydrogen (secondary N) is 1. The predicted octanol–water partition coefficient (Wildman–Crippen LogP) is 0.0629. The van der Waals surface area contributed by atoms with Crippen LogP contribution >= 0.6 is 0 Å². The third-order valence-corrected chi connectivity index (χ3v) is 3.48. The Balaban J connectivity index is 1.63. The lowest BCUT2D eigenvalue weighted by Gasteiger charge is -2.55. The highest BCUT2D eigenvalue weighted by Gasteiger charge is 2.48. The molecule has 3 rings (SSSR count). The van der Waals surface area contributed by atoms with Gasteiger partial charge in [-0.2, -0.15) is 0 Å². The van der Waals surface area contributed by atoms with Gasteiger partial charge in [0.2, 0.25) is 5.95 Å². The number of hydrogen-bond donors (Lipinski definition) is 1. The van der Waals surface area contributed by atoms with Crippen LogP contribution in [0.5, 0.6) is 0 Å². The van der Waals surface area contributed by atoms with Gasteiger partial charge in [-0.25, -0.2) is 14.8 Å². The summed E-state index contributed by atoms with van der Waals surface area (Å²) in [5.74, 6) is 0.327. The number of nitrogens with zero attached hydrogens (tertiary/aromatic N) is 3. The van der Waals surface area contributed by atoms with Gasteiger partial charge in [-0.3, -0.25) is 0 Å². The fourth-order valence-electron chi connectivity index (χ4n) is 2.41. The average Bonchev–Trinajstić information content (AvgIpc) is 2.26. The van der Waals surface area contributed by atoms with Gasteiger partial charge in [-0.1, -0.05) is 0 Å². The standard InChI is InChI=1S/C12H16N4O2/c1-2-18-10(17)9-3-14-11(15-4-9)16-7-12(8-16)5-13-6-12/h3-4,13H,2,5-8H2,1H3. The van der Waals surface area contributed by atoms with Crippen molar-refractivity contribution in [3.63, 3.8) is 0 Å². The molecule has 0 amide bonds. The van der Waals surface area contributed by atoms with E-state index < -0.39 is 0 Å². The normalized spacial score (nSPS) is 20.2. The number of hydrogen-bond acceptors (Lipinski definition) is 6. The Morgan fingerprint density at radius 3 is 2.61 bits per heavy atom. The smallest absolute Gasteiger partial charge is 0.341 e. The lowest BCUT2D eigenvalue weighted by molar-refractivity contribution is 0.0525. The summed E-state index contributed by atoms with van der Waals surface area (Å²) in [6, 6.07) is 0. The Kier molecular flexibility index (Phi) is 2.66. The Hall–Kier alpha value is -1.69. The second-order valence-corrected chi connectivity index (χ2v) is 4.95. The van der Waals surface area contributed by atoms with Crippen LogP contribution in [-0.4, -0.2) is 48.7 Å². The van der Waals surface area contributed by atoms with Crippen molar-refractivity contribution in [1.82, 2.24) is 15.3 Å². The molecule has 96 valence electrons. The van der Waals surface area contributed by atoms with Gasteiger partial charge in [0.1, 0.15) is 0 Å². The molecule has 1 spiro atoms. The summed E-state index contributed by atoms with van der Waals surface area (Å²) in [7, 11) is 0. The lowest BCUT2D eigenvalue weighted by atomic mass is 9.75. The van der Waals surface area contributed by atoms with Crippen molar-refractivity contribution in [3.05, 3.63) is 18.0 Å². The van der Waals surface area contributed by atoms with Crippen molar-refractivity contribution in [2.45, 2.75) is 6.92 Å². The molecule has 6 nitrogen and oxygen atoms in total. The maximum absolute atomic E-state index is 11.4. The summed E-state index contributed by atoms with van der Waals surface area (Å²) >= 11 is 0. The first kappa shape index (κ1) is 11.4. The zero-order chi connectivity index (χ0) is 12.6. The first-order valence-corrected chi connectivity index (χ1v) is 6.17. The van der Waals surface area contributed by atoms with Crippen molar-refractivity contribution in [3.8, 4) is 0 Å². The van der Waals surface area contributed by atoms with E-state index in [9.17, 15) is 4.79 Å². The Bertz CT molecular complexity index is 448. The molecule has 18 heavy (non-hydrogen) atoms. The molecule has 0 bridgehead atoms. The van der Waals surface area contributed by atoms with E-state index >= 15 is 0 Å². The van der Waals surface area contributed by atoms with Crippen molar-refractivity contribution in [2.75, 3.05) is 37.7 Å². The molecule has 0 saturated carbocycles. The fraction of sp³-hybridized carbons (Fsp3) is 0.583. The molecule has 0 unspecified atom stereocenters. The summed E-state index contributed by atoms with van der Waals surface area (Å²) in [4.78, 5) is 22.0. The van der Waals surface area contributed by atoms with Crippen LogP contribution in [0.4, 0.5) is 5.95 Å². The van der Waals surface area contributed by atoms with Crippen LogP contribution in [0.2, 0.25) is 0 Å². The lowest BCUT2D eigenvalue weighted by Crippen LogP contribution is -2.71. The molecule has 6 heteroatoms. The van der Waals surface area contributed by atoms with E-state index in [1.807, 2.05) is 0 Å². The highest BCUT2D eigenvalue weighted by molar-refractivity contribution is 5.88. The molecular weight excluding hydrogens is 232 g/mol. The van der Waals surface area contributed by atoms with Crippen LogP contribution in [-0.2, 0) is 4.74 Å². The molecule has 0 aliphatic carbocycles. The molecule has 0 radical (unpaired) electrons. The molecule has 0 atom stereocenters. The monoisotopic (exact) mass is 248 g/mol. The van der Waals surface area contributed by atoms with Gasteiger partial charge in [0.25, 0.3) is 0 Å². The third-order valence-electron chi connectivity index (χ3n) is 3.48. The number of ether oxygens (including phenoxy) is 1. The molecule has 3 heterocycles. The van der Waals surface area contributed by atoms with Gasteiger partial charge >= 0.3 is 5.97 Å². The predicted molar refractivity (Wildman–Crippen MR) is 65.5 cm³/mol. The highest BCUT2D eigenvalue weighted by atomic mass is 16.5. The molecule has 2 aliphatic heterocycles. The van der Waals surface area contributed by atoms with Crippen LogP contribution in [0.25, 0.3) is 0 Å². The van der Waals surface area contributed by atoms with Crippen LogP contribution in [0, 0.1) is 5.41 Å². The molecule has 1 N–H and O–H groups in total. The first-order valence-electron chi connectivity index (χ1n) is 6.17. The number of carbonyl (C=O) groups excluding carboxylic acids is 1. The van der Waals surface area contributed by atoms with Gasteiger partial charge in [0.05, 0.1) is 12.2 Å². The number of esters is 1. The minimum absolute atomic E-state index is 0.363. The number of aromatic nitrogens is 2. The van der Waals surface area contributed by atoms with E-state index in [0.29, 0.717) is 23.5 Å². The van der Waals surface area contributed by atoms with Crippen molar-refractivity contribution in [2.24, 2.45) is 5.41 Å². The highest BCUT2D eigenvalue weighted by Crippen LogP contribution is 2.35. The summed E-state index contributed by atoms with van der Waals surface area (Å²) < 4.78 is 4.89. The Morgan fingerprint density at radius 1 is 1.44 bits per heavy atom. The molecular formula is C12H16N4O2. The largest absolute Gasteiger partial charge is 0.462 e. The fourth-order valence-corrected chi connectivity index (χ4v) is 2.41. The van der Waals surface area contributed by atoms with Crippen LogP contribution in [0.1, 0.15) is 17.3 Å². The number of anilines is 1. The number of rotatable bonds is 3. The second-order valence-electron chi connectivity index (χ2n) is 4.95. The molecule has 1 aromatic heterocycles. The van der Waals surface area contributed by atoms with Crippen LogP contribution < -0.4 is 10.2 Å². The van der Waals surface area contributed by atoms with E-state index in [1.165, 1.54) is 12.4 Å². The zero-order valence-electron chi connectivity index (χ0n) is 10.3. The van der Waals surface area contributed by atoms with Crippen LogP contribution in [0.15, 0.2) is 12.4 Å². The molecule has 1 aromatic rings. The topological polar surface area (TPSA) is 67.3 Å². The Morgan fingerprint density at radius 2 is 2.11 bits per heavy atom. The first-order chi connectivity index (χ1) is 8.72. The number of carbonyl (C=O) groups is 1. The molecule has 2 saturated heterocycles. The Labute approximate surface area is 105 Å². The van der Waals surface area contributed by atoms with E-state index in [0.717, 1.165) is 26.2 Å². The van der Waals surface area contributed by atoms with E-state index in [1.54, 1.807) is 6.92 Å². The minimum atomic E-state index is -0.368. The minimum Gasteiger partial charge on any atom is -0.462 e. The van der Waals surface area contributed by atoms with E-state index in [2.05, 4.69) is 20.2 Å². The summed E-state index contributed by atoms with van der Waals surface area (Å²) in [5.41, 5.74) is 0.851. The maximum atomic E-state index is 11.4. The quantitative estimate of drug-likeness (QED) is 0.763. The summed E-state index contributed by atoms with van der Waals surface area (Å²) in [6.07, 6.45) is 3.06. The second kappa shape index (κ2) is 4.20. The third kappa shape index (κ3) is 1.82. The van der Waals surface area contributed by atoms with Gasteiger partial charge < -0.3 is 15.0 Å². The summed E-state index contributed by atoms with van der Waals surface area (Å²) in [5, 5.41) is 3.29. The average molecular weight is 248 g/mol. The van der Waals surface area contributed by atoms with Crippen molar-refractivity contribution < 1.29 is 9.53 Å². The van der Waals surface area contributed by atoms with Crippen molar-refractivity contribution >= 4 is 11.9 Å². The molecule has 0 aromatic carbocycles. The van der Waals surface area contributed by atoms with Gasteiger partial charge in [0.15, 0.2) is 0 Å². The maximum Gasteiger partial charge on any atom is 0.341 e.